The van der Waals surface area contributed by atoms with Crippen LogP contribution in [0.1, 0.15) is 11.1 Å². The van der Waals surface area contributed by atoms with Gasteiger partial charge in [-0.05, 0) is 17.5 Å². The minimum atomic E-state index is 0.138. The average Bonchev–Trinajstić information content (AvgIpc) is 3.19. The number of benzene rings is 2. The minimum Gasteiger partial charge on any atom is -0.131 e. The lowest BCUT2D eigenvalue weighted by molar-refractivity contribution is 0.677. The molecule has 2 atom stereocenters. The zero-order chi connectivity index (χ0) is 13.5. The van der Waals surface area contributed by atoms with Crippen LogP contribution in [0.25, 0.3) is 0 Å². The molecule has 0 amide bonds. The number of fused-ring (bicyclic) bond motifs is 1. The maximum absolute atomic E-state index is 2.39. The van der Waals surface area contributed by atoms with Crippen molar-refractivity contribution in [2.24, 2.45) is 0 Å². The van der Waals surface area contributed by atoms with Crippen LogP contribution in [-0.2, 0) is 11.2 Å². The van der Waals surface area contributed by atoms with Gasteiger partial charge in [-0.25, -0.2) is 0 Å². The molecule has 2 unspecified atom stereocenters. The van der Waals surface area contributed by atoms with Crippen molar-refractivity contribution >= 4 is 11.8 Å². The van der Waals surface area contributed by atoms with Gasteiger partial charge in [0.05, 0.1) is 9.49 Å². The Hall–Kier alpha value is -1.73. The fourth-order valence-electron chi connectivity index (χ4n) is 3.21. The topological polar surface area (TPSA) is 0 Å². The lowest BCUT2D eigenvalue weighted by Gasteiger charge is -2.21. The van der Waals surface area contributed by atoms with Crippen molar-refractivity contribution in [1.29, 1.82) is 0 Å². The molecular formula is C19H16S. The van der Waals surface area contributed by atoms with Gasteiger partial charge in [0.25, 0.3) is 0 Å². The Kier molecular flexibility index (Phi) is 2.64. The molecule has 1 heteroatoms. The van der Waals surface area contributed by atoms with E-state index in [0.717, 1.165) is 6.42 Å². The van der Waals surface area contributed by atoms with Crippen LogP contribution in [0, 0.1) is 0 Å². The molecule has 2 aromatic carbocycles. The van der Waals surface area contributed by atoms with Gasteiger partial charge < -0.3 is 0 Å². The summed E-state index contributed by atoms with van der Waals surface area (Å²) in [5.74, 6) is 0. The van der Waals surface area contributed by atoms with Crippen molar-refractivity contribution in [3.05, 3.63) is 96.1 Å². The monoisotopic (exact) mass is 276 g/mol. The van der Waals surface area contributed by atoms with E-state index in [1.165, 1.54) is 11.1 Å². The van der Waals surface area contributed by atoms with Crippen LogP contribution >= 0.6 is 11.8 Å². The van der Waals surface area contributed by atoms with Crippen LogP contribution in [0.15, 0.2) is 85.0 Å². The first-order valence-corrected chi connectivity index (χ1v) is 7.83. The molecular weight excluding hydrogens is 260 g/mol. The highest BCUT2D eigenvalue weighted by molar-refractivity contribution is 8.09. The molecule has 0 bridgehead atoms. The Bertz CT molecular complexity index is 671. The van der Waals surface area contributed by atoms with Gasteiger partial charge in [-0.2, -0.15) is 0 Å². The highest BCUT2D eigenvalue weighted by Gasteiger charge is 2.67. The number of hydrogen-bond acceptors (Lipinski definition) is 1. The third kappa shape index (κ3) is 1.70. The second kappa shape index (κ2) is 4.39. The largest absolute Gasteiger partial charge is 0.131 e. The highest BCUT2D eigenvalue weighted by Crippen LogP contribution is 2.73. The third-order valence-electron chi connectivity index (χ3n) is 4.25. The van der Waals surface area contributed by atoms with E-state index < -0.39 is 0 Å². The molecule has 2 aromatic rings. The lowest BCUT2D eigenvalue weighted by atomic mass is 9.80. The van der Waals surface area contributed by atoms with Crippen LogP contribution < -0.4 is 0 Å². The molecule has 1 aliphatic carbocycles. The Morgan fingerprint density at radius 2 is 1.40 bits per heavy atom. The van der Waals surface area contributed by atoms with E-state index in [4.69, 9.17) is 0 Å². The van der Waals surface area contributed by atoms with E-state index in [1.807, 2.05) is 0 Å². The number of rotatable bonds is 3. The molecule has 0 nitrogen and oxygen atoms in total. The van der Waals surface area contributed by atoms with Crippen LogP contribution in [0.2, 0.25) is 0 Å². The van der Waals surface area contributed by atoms with Crippen molar-refractivity contribution in [3.8, 4) is 0 Å². The van der Waals surface area contributed by atoms with E-state index in [9.17, 15) is 0 Å². The van der Waals surface area contributed by atoms with E-state index in [1.54, 1.807) is 0 Å². The summed E-state index contributed by atoms with van der Waals surface area (Å²) in [4.78, 5) is 0. The summed E-state index contributed by atoms with van der Waals surface area (Å²) >= 11 is 2.07. The molecule has 20 heavy (non-hydrogen) atoms. The van der Waals surface area contributed by atoms with Gasteiger partial charge in [0.15, 0.2) is 0 Å². The molecule has 2 aliphatic rings. The molecule has 1 fully saturated rings. The van der Waals surface area contributed by atoms with E-state index in [-0.39, 0.29) is 9.49 Å². The van der Waals surface area contributed by atoms with E-state index in [2.05, 4.69) is 96.7 Å². The maximum Gasteiger partial charge on any atom is 0.0785 e. The number of thioether (sulfide) groups is 1. The van der Waals surface area contributed by atoms with Gasteiger partial charge in [-0.3, -0.25) is 0 Å². The molecule has 0 N–H and O–H groups in total. The van der Waals surface area contributed by atoms with Gasteiger partial charge in [-0.15, -0.1) is 11.8 Å². The van der Waals surface area contributed by atoms with Crippen LogP contribution in [0.5, 0.6) is 0 Å². The van der Waals surface area contributed by atoms with Crippen LogP contribution in [0.3, 0.4) is 0 Å². The predicted molar refractivity (Wildman–Crippen MR) is 86.9 cm³/mol. The van der Waals surface area contributed by atoms with Crippen molar-refractivity contribution in [3.63, 3.8) is 0 Å². The third-order valence-corrected chi connectivity index (χ3v) is 6.07. The first-order valence-electron chi connectivity index (χ1n) is 7.01. The summed E-state index contributed by atoms with van der Waals surface area (Å²) in [7, 11) is 0. The average molecular weight is 276 g/mol. The van der Waals surface area contributed by atoms with E-state index in [0.29, 0.717) is 0 Å². The summed E-state index contributed by atoms with van der Waals surface area (Å²) in [6.45, 7) is 0. The Morgan fingerprint density at radius 1 is 0.750 bits per heavy atom. The minimum absolute atomic E-state index is 0.138. The van der Waals surface area contributed by atoms with E-state index >= 15 is 0 Å². The Labute approximate surface area is 124 Å². The summed E-state index contributed by atoms with van der Waals surface area (Å²) in [6.07, 6.45) is 10.2. The lowest BCUT2D eigenvalue weighted by Crippen LogP contribution is -2.24. The normalized spacial score (nSPS) is 30.0. The first-order chi connectivity index (χ1) is 9.85. The molecule has 0 spiro atoms. The smallest absolute Gasteiger partial charge is 0.0785 e. The van der Waals surface area contributed by atoms with Gasteiger partial charge >= 0.3 is 0 Å². The highest BCUT2D eigenvalue weighted by atomic mass is 32.2. The zero-order valence-electron chi connectivity index (χ0n) is 11.2. The quantitative estimate of drug-likeness (QED) is 0.730. The fraction of sp³-hybridized carbons (Fsp3) is 0.158. The summed E-state index contributed by atoms with van der Waals surface area (Å²) < 4.78 is 0.337. The summed E-state index contributed by atoms with van der Waals surface area (Å²) in [5, 5.41) is 0. The number of hydrogen-bond donors (Lipinski definition) is 0. The molecule has 1 heterocycles. The summed E-state index contributed by atoms with van der Waals surface area (Å²) in [6, 6.07) is 21.7. The van der Waals surface area contributed by atoms with Crippen molar-refractivity contribution in [1.82, 2.24) is 0 Å². The second-order valence-corrected chi connectivity index (χ2v) is 7.05. The van der Waals surface area contributed by atoms with Gasteiger partial charge in [0.1, 0.15) is 0 Å². The van der Waals surface area contributed by atoms with Gasteiger partial charge in [0.2, 0.25) is 0 Å². The maximum atomic E-state index is 2.39. The van der Waals surface area contributed by atoms with Crippen molar-refractivity contribution in [2.75, 3.05) is 0 Å². The first kappa shape index (κ1) is 12.0. The molecule has 0 radical (unpaired) electrons. The molecule has 98 valence electrons. The number of allylic oxidation sites excluding steroid dienone is 2. The Balaban J connectivity index is 1.72. The fourth-order valence-corrected chi connectivity index (χ4v) is 4.84. The van der Waals surface area contributed by atoms with Crippen molar-refractivity contribution < 1.29 is 0 Å². The molecule has 4 rings (SSSR count). The molecule has 1 aliphatic heterocycles. The second-order valence-electron chi connectivity index (χ2n) is 5.47. The molecule has 1 saturated heterocycles. The zero-order valence-corrected chi connectivity index (χ0v) is 12.0. The molecule has 0 saturated carbocycles. The molecule has 0 aromatic heterocycles. The van der Waals surface area contributed by atoms with Gasteiger partial charge in [-0.1, -0.05) is 85.0 Å². The van der Waals surface area contributed by atoms with Gasteiger partial charge in [0, 0.05) is 0 Å². The van der Waals surface area contributed by atoms with Crippen molar-refractivity contribution in [2.45, 2.75) is 15.9 Å². The predicted octanol–water partition coefficient (Wildman–Crippen LogP) is 4.74. The summed E-state index contributed by atoms with van der Waals surface area (Å²) in [5.41, 5.74) is 2.83. The standard InChI is InChI=1S/C19H16S/c1-3-9-16(10-4-1)15-18-13-7-8-14-19(18,20-18)17-11-5-2-6-12-17/h1-14H,15H2. The van der Waals surface area contributed by atoms with Crippen LogP contribution in [-0.4, -0.2) is 4.75 Å². The Morgan fingerprint density at radius 3 is 2.15 bits per heavy atom. The van der Waals surface area contributed by atoms with Crippen LogP contribution in [0.4, 0.5) is 0 Å². The SMILES string of the molecule is C1=CC2(Cc3ccccc3)SC2(c2ccccc2)C=C1.